The predicted molar refractivity (Wildman–Crippen MR) is 70.8 cm³/mol. The van der Waals surface area contributed by atoms with Crippen molar-refractivity contribution in [1.29, 1.82) is 0 Å². The van der Waals surface area contributed by atoms with Gasteiger partial charge in [0.1, 0.15) is 0 Å². The molecule has 2 aromatic heterocycles. The van der Waals surface area contributed by atoms with Gasteiger partial charge in [0.15, 0.2) is 0 Å². The molecule has 0 bridgehead atoms. The first-order valence-electron chi connectivity index (χ1n) is 5.70. The van der Waals surface area contributed by atoms with Crippen LogP contribution < -0.4 is 11.3 Å². The van der Waals surface area contributed by atoms with Gasteiger partial charge in [-0.3, -0.25) is 10.5 Å². The van der Waals surface area contributed by atoms with E-state index in [9.17, 15) is 0 Å². The molecule has 17 heavy (non-hydrogen) atoms. The fraction of sp³-hybridized carbons (Fsp3) is 0.417. The van der Waals surface area contributed by atoms with Crippen molar-refractivity contribution in [3.05, 3.63) is 39.3 Å². The Morgan fingerprint density at radius 3 is 2.82 bits per heavy atom. The maximum absolute atomic E-state index is 5.70. The zero-order chi connectivity index (χ0) is 12.4. The normalized spacial score (nSPS) is 12.9. The summed E-state index contributed by atoms with van der Waals surface area (Å²) in [6.45, 7) is 4.21. The summed E-state index contributed by atoms with van der Waals surface area (Å²) < 4.78 is 1.91. The Bertz CT molecular complexity index is 500. The van der Waals surface area contributed by atoms with Crippen molar-refractivity contribution < 1.29 is 0 Å². The molecule has 0 aliphatic carbocycles. The summed E-state index contributed by atoms with van der Waals surface area (Å²) in [7, 11) is 1.96. The zero-order valence-corrected chi connectivity index (χ0v) is 11.2. The standard InChI is InChI=1S/C12H18N4S/c1-4-9-7-10(16(3)15-9)11(14-13)12-8(2)5-6-17-12/h5-7,11,14H,4,13H2,1-3H3. The number of aryl methyl sites for hydroxylation is 3. The molecule has 0 aliphatic rings. The highest BCUT2D eigenvalue weighted by molar-refractivity contribution is 7.10. The zero-order valence-electron chi connectivity index (χ0n) is 10.4. The lowest BCUT2D eigenvalue weighted by Crippen LogP contribution is -2.30. The fourth-order valence-corrected chi connectivity index (χ4v) is 2.96. The molecule has 0 aliphatic heterocycles. The predicted octanol–water partition coefficient (Wildman–Crippen LogP) is 1.91. The molecule has 0 spiro atoms. The van der Waals surface area contributed by atoms with Gasteiger partial charge in [-0.2, -0.15) is 5.10 Å². The molecular weight excluding hydrogens is 232 g/mol. The first kappa shape index (κ1) is 12.3. The molecular formula is C12H18N4S. The summed E-state index contributed by atoms with van der Waals surface area (Å²) in [5.41, 5.74) is 6.35. The van der Waals surface area contributed by atoms with Crippen LogP contribution in [0.4, 0.5) is 0 Å². The van der Waals surface area contributed by atoms with Gasteiger partial charge in [-0.1, -0.05) is 6.92 Å². The van der Waals surface area contributed by atoms with Crippen molar-refractivity contribution in [3.8, 4) is 0 Å². The van der Waals surface area contributed by atoms with Gasteiger partial charge >= 0.3 is 0 Å². The first-order chi connectivity index (χ1) is 8.17. The van der Waals surface area contributed by atoms with Gasteiger partial charge < -0.3 is 0 Å². The number of rotatable bonds is 4. The lowest BCUT2D eigenvalue weighted by Gasteiger charge is -2.15. The Morgan fingerprint density at radius 2 is 2.35 bits per heavy atom. The highest BCUT2D eigenvalue weighted by Crippen LogP contribution is 2.28. The van der Waals surface area contributed by atoms with Crippen molar-refractivity contribution in [2.45, 2.75) is 26.3 Å². The minimum Gasteiger partial charge on any atom is -0.270 e. The van der Waals surface area contributed by atoms with Gasteiger partial charge in [0.25, 0.3) is 0 Å². The third kappa shape index (κ3) is 2.26. The largest absolute Gasteiger partial charge is 0.270 e. The number of nitrogens with one attached hydrogen (secondary N) is 1. The maximum Gasteiger partial charge on any atom is 0.0972 e. The number of thiophene rings is 1. The molecule has 2 aromatic rings. The van der Waals surface area contributed by atoms with Crippen molar-refractivity contribution >= 4 is 11.3 Å². The second-order valence-electron chi connectivity index (χ2n) is 4.11. The third-order valence-corrected chi connectivity index (χ3v) is 4.04. The van der Waals surface area contributed by atoms with E-state index in [1.807, 2.05) is 11.7 Å². The monoisotopic (exact) mass is 250 g/mol. The van der Waals surface area contributed by atoms with E-state index in [1.54, 1.807) is 11.3 Å². The van der Waals surface area contributed by atoms with E-state index < -0.39 is 0 Å². The number of nitrogens with two attached hydrogens (primary N) is 1. The van der Waals surface area contributed by atoms with Gasteiger partial charge in [-0.25, -0.2) is 5.43 Å². The Hall–Kier alpha value is -1.17. The second kappa shape index (κ2) is 5.00. The molecule has 4 nitrogen and oxygen atoms in total. The quantitative estimate of drug-likeness (QED) is 0.644. The van der Waals surface area contributed by atoms with E-state index in [0.717, 1.165) is 17.8 Å². The van der Waals surface area contributed by atoms with Crippen LogP contribution >= 0.6 is 11.3 Å². The van der Waals surface area contributed by atoms with E-state index in [1.165, 1.54) is 10.4 Å². The SMILES string of the molecule is CCc1cc(C(NN)c2sccc2C)n(C)n1. The van der Waals surface area contributed by atoms with Crippen LogP contribution in [0.15, 0.2) is 17.5 Å². The minimum atomic E-state index is 0.0211. The molecule has 1 atom stereocenters. The molecule has 2 heterocycles. The van der Waals surface area contributed by atoms with Crippen molar-refractivity contribution in [2.24, 2.45) is 12.9 Å². The van der Waals surface area contributed by atoms with Gasteiger partial charge in [0.05, 0.1) is 17.4 Å². The highest BCUT2D eigenvalue weighted by atomic mass is 32.1. The molecule has 2 rings (SSSR count). The van der Waals surface area contributed by atoms with Crippen molar-refractivity contribution in [2.75, 3.05) is 0 Å². The first-order valence-corrected chi connectivity index (χ1v) is 6.58. The van der Waals surface area contributed by atoms with Crippen LogP contribution in [0.5, 0.6) is 0 Å². The van der Waals surface area contributed by atoms with E-state index in [2.05, 4.69) is 41.9 Å². The van der Waals surface area contributed by atoms with Crippen LogP contribution in [0.2, 0.25) is 0 Å². The molecule has 92 valence electrons. The number of hydrogen-bond acceptors (Lipinski definition) is 4. The Kier molecular flexibility index (Phi) is 3.61. The molecule has 0 radical (unpaired) electrons. The van der Waals surface area contributed by atoms with Crippen LogP contribution in [0.1, 0.15) is 34.8 Å². The summed E-state index contributed by atoms with van der Waals surface area (Å²) in [4.78, 5) is 1.25. The van der Waals surface area contributed by atoms with Gasteiger partial charge in [-0.05, 0) is 36.4 Å². The van der Waals surface area contributed by atoms with Gasteiger partial charge in [0.2, 0.25) is 0 Å². The summed E-state index contributed by atoms with van der Waals surface area (Å²) >= 11 is 1.72. The lowest BCUT2D eigenvalue weighted by molar-refractivity contribution is 0.578. The third-order valence-electron chi connectivity index (χ3n) is 2.96. The Morgan fingerprint density at radius 1 is 1.59 bits per heavy atom. The maximum atomic E-state index is 5.70. The number of hydrogen-bond donors (Lipinski definition) is 2. The van der Waals surface area contributed by atoms with E-state index in [4.69, 9.17) is 5.84 Å². The summed E-state index contributed by atoms with van der Waals surface area (Å²) in [5.74, 6) is 5.70. The summed E-state index contributed by atoms with van der Waals surface area (Å²) in [5, 5.41) is 6.55. The lowest BCUT2D eigenvalue weighted by atomic mass is 10.1. The molecule has 0 aromatic carbocycles. The molecule has 0 fully saturated rings. The number of nitrogens with zero attached hydrogens (tertiary/aromatic N) is 2. The molecule has 5 heteroatoms. The molecule has 0 saturated heterocycles. The fourth-order valence-electron chi connectivity index (χ4n) is 1.96. The van der Waals surface area contributed by atoms with Gasteiger partial charge in [-0.15, -0.1) is 11.3 Å². The van der Waals surface area contributed by atoms with Crippen LogP contribution in [-0.2, 0) is 13.5 Å². The van der Waals surface area contributed by atoms with Crippen LogP contribution in [0.25, 0.3) is 0 Å². The van der Waals surface area contributed by atoms with Crippen LogP contribution in [-0.4, -0.2) is 9.78 Å². The van der Waals surface area contributed by atoms with Gasteiger partial charge in [0, 0.05) is 11.9 Å². The smallest absolute Gasteiger partial charge is 0.0972 e. The Labute approximate surface area is 105 Å². The van der Waals surface area contributed by atoms with E-state index in [-0.39, 0.29) is 6.04 Å². The number of aromatic nitrogens is 2. The van der Waals surface area contributed by atoms with E-state index >= 15 is 0 Å². The average molecular weight is 250 g/mol. The van der Waals surface area contributed by atoms with Crippen molar-refractivity contribution in [1.82, 2.24) is 15.2 Å². The molecule has 0 amide bonds. The second-order valence-corrected chi connectivity index (χ2v) is 5.05. The number of hydrazine groups is 1. The molecule has 1 unspecified atom stereocenters. The van der Waals surface area contributed by atoms with Crippen LogP contribution in [0.3, 0.4) is 0 Å². The average Bonchev–Trinajstić information content (AvgIpc) is 2.88. The molecule has 0 saturated carbocycles. The summed E-state index contributed by atoms with van der Waals surface area (Å²) in [6, 6.07) is 4.25. The van der Waals surface area contributed by atoms with Crippen LogP contribution in [0, 0.1) is 6.92 Å². The minimum absolute atomic E-state index is 0.0211. The highest BCUT2D eigenvalue weighted by Gasteiger charge is 2.20. The molecule has 3 N–H and O–H groups in total. The van der Waals surface area contributed by atoms with Crippen molar-refractivity contribution in [3.63, 3.8) is 0 Å². The van der Waals surface area contributed by atoms with E-state index in [0.29, 0.717) is 0 Å². The topological polar surface area (TPSA) is 55.9 Å². The Balaban J connectivity index is 2.42. The summed E-state index contributed by atoms with van der Waals surface area (Å²) in [6.07, 6.45) is 0.939.